The van der Waals surface area contributed by atoms with Crippen molar-refractivity contribution in [2.24, 2.45) is 0 Å². The van der Waals surface area contributed by atoms with Gasteiger partial charge in [-0.05, 0) is 32.0 Å². The number of amides is 1. The fraction of sp³-hybridized carbons (Fsp3) is 0.370. The molecule has 1 saturated heterocycles. The first kappa shape index (κ1) is 30.9. The number of benzene rings is 1. The van der Waals surface area contributed by atoms with E-state index in [4.69, 9.17) is 32.7 Å². The maximum atomic E-state index is 14.7. The van der Waals surface area contributed by atoms with E-state index in [0.717, 1.165) is 0 Å². The smallest absolute Gasteiger partial charge is 0.271 e. The number of nitrogens with zero attached hydrogens (tertiary/aromatic N) is 6. The largest absolute Gasteiger partial charge is 0.391 e. The van der Waals surface area contributed by atoms with Gasteiger partial charge in [-0.15, -0.1) is 0 Å². The van der Waals surface area contributed by atoms with Gasteiger partial charge in [0.25, 0.3) is 5.91 Å². The molecule has 0 radical (unpaired) electrons. The van der Waals surface area contributed by atoms with Crippen LogP contribution < -0.4 is 5.32 Å². The fourth-order valence-corrected chi connectivity index (χ4v) is 5.44. The molecule has 0 saturated carbocycles. The molecule has 5 rings (SSSR count). The van der Waals surface area contributed by atoms with E-state index in [1.54, 1.807) is 6.92 Å². The molecule has 3 unspecified atom stereocenters. The van der Waals surface area contributed by atoms with E-state index >= 15 is 0 Å². The van der Waals surface area contributed by atoms with E-state index in [-0.39, 0.29) is 44.2 Å². The van der Waals surface area contributed by atoms with Gasteiger partial charge < -0.3 is 25.0 Å². The fourth-order valence-electron chi connectivity index (χ4n) is 5.14. The standard InChI is InChI=1S/C27H27Cl2F2N7O5/c1-11(39)23-24(42-4)21(37-10-13(8-34-37)15-5-6-16(29)19(31)18(15)30)22(40)25(43-23)26-35-12(2)36-38(26)17-7-14(28)9-33-20(17)27(41)32-3/h5-11,21-25,39-40H,1-4H3,(H,32,41)/t11?,21?,22-,23?,24+,25+/m0/s1. The summed E-state index contributed by atoms with van der Waals surface area (Å²) in [6.45, 7) is 3.09. The molecule has 0 bridgehead atoms. The van der Waals surface area contributed by atoms with Crippen LogP contribution in [0.4, 0.5) is 8.78 Å². The van der Waals surface area contributed by atoms with Gasteiger partial charge in [0, 0.05) is 37.7 Å². The van der Waals surface area contributed by atoms with Crippen LogP contribution in [0.15, 0.2) is 36.8 Å². The van der Waals surface area contributed by atoms with Gasteiger partial charge in [-0.3, -0.25) is 9.48 Å². The highest BCUT2D eigenvalue weighted by Crippen LogP contribution is 2.41. The van der Waals surface area contributed by atoms with Gasteiger partial charge in [-0.25, -0.2) is 23.4 Å². The highest BCUT2D eigenvalue weighted by Gasteiger charge is 2.50. The number of aliphatic hydroxyl groups excluding tert-OH is 2. The molecule has 3 aromatic heterocycles. The molecular formula is C27H27Cl2F2N7O5. The number of carbonyl (C=O) groups is 1. The summed E-state index contributed by atoms with van der Waals surface area (Å²) in [5.41, 5.74) is 0.249. The Morgan fingerprint density at radius 1 is 1.23 bits per heavy atom. The molecule has 1 fully saturated rings. The van der Waals surface area contributed by atoms with Crippen molar-refractivity contribution in [1.29, 1.82) is 0 Å². The third kappa shape index (κ3) is 5.61. The van der Waals surface area contributed by atoms with Gasteiger partial charge in [-0.1, -0.05) is 23.2 Å². The Morgan fingerprint density at radius 3 is 2.65 bits per heavy atom. The van der Waals surface area contributed by atoms with Crippen molar-refractivity contribution in [2.75, 3.05) is 14.2 Å². The minimum Gasteiger partial charge on any atom is -0.391 e. The van der Waals surface area contributed by atoms with Crippen LogP contribution in [-0.2, 0) is 9.47 Å². The first-order valence-corrected chi connectivity index (χ1v) is 13.8. The van der Waals surface area contributed by atoms with Crippen LogP contribution in [0.3, 0.4) is 0 Å². The first-order chi connectivity index (χ1) is 20.5. The van der Waals surface area contributed by atoms with Crippen molar-refractivity contribution in [3.63, 3.8) is 0 Å². The number of halogens is 4. The number of rotatable bonds is 7. The topological polar surface area (TPSA) is 149 Å². The van der Waals surface area contributed by atoms with Gasteiger partial charge in [-0.2, -0.15) is 10.2 Å². The van der Waals surface area contributed by atoms with Crippen molar-refractivity contribution < 1.29 is 33.3 Å². The molecule has 16 heteroatoms. The van der Waals surface area contributed by atoms with Crippen molar-refractivity contribution in [1.82, 2.24) is 34.8 Å². The van der Waals surface area contributed by atoms with Gasteiger partial charge in [0.05, 0.1) is 28.0 Å². The van der Waals surface area contributed by atoms with Crippen LogP contribution in [0.5, 0.6) is 0 Å². The summed E-state index contributed by atoms with van der Waals surface area (Å²) in [4.78, 5) is 21.3. The molecule has 1 aliphatic rings. The minimum absolute atomic E-state index is 0.0179. The quantitative estimate of drug-likeness (QED) is 0.260. The van der Waals surface area contributed by atoms with Crippen LogP contribution >= 0.6 is 23.2 Å². The average Bonchev–Trinajstić information content (AvgIpc) is 3.61. The van der Waals surface area contributed by atoms with Gasteiger partial charge in [0.15, 0.2) is 23.2 Å². The summed E-state index contributed by atoms with van der Waals surface area (Å²) >= 11 is 11.9. The molecule has 228 valence electrons. The molecule has 0 aliphatic carbocycles. The summed E-state index contributed by atoms with van der Waals surface area (Å²) in [5.74, 6) is -2.54. The summed E-state index contributed by atoms with van der Waals surface area (Å²) in [6, 6.07) is 2.97. The Labute approximate surface area is 254 Å². The summed E-state index contributed by atoms with van der Waals surface area (Å²) in [7, 11) is 2.82. The molecule has 1 amide bonds. The Hall–Kier alpha value is -3.53. The van der Waals surface area contributed by atoms with Crippen molar-refractivity contribution >= 4 is 29.1 Å². The Bertz CT molecular complexity index is 1670. The second kappa shape index (κ2) is 12.2. The molecule has 4 aromatic rings. The third-order valence-corrected chi connectivity index (χ3v) is 7.62. The van der Waals surface area contributed by atoms with Crippen molar-refractivity contribution in [2.45, 2.75) is 50.4 Å². The molecule has 12 nitrogen and oxygen atoms in total. The molecule has 3 N–H and O–H groups in total. The van der Waals surface area contributed by atoms with Crippen molar-refractivity contribution in [3.05, 3.63) is 75.8 Å². The molecule has 6 atom stereocenters. The average molecular weight is 638 g/mol. The van der Waals surface area contributed by atoms with E-state index in [0.29, 0.717) is 0 Å². The molecule has 43 heavy (non-hydrogen) atoms. The number of nitrogens with one attached hydrogen (secondary N) is 1. The molecular weight excluding hydrogens is 611 g/mol. The summed E-state index contributed by atoms with van der Waals surface area (Å²) < 4.78 is 43.5. The SMILES string of the molecule is CNC(=O)c1ncc(Cl)cc1-n1nc(C)nc1[C@@H]1OC(C(C)O)[C@H](OC)C(n2cc(-c3ccc(Cl)c(F)c3F)cn2)[C@@H]1O. The maximum absolute atomic E-state index is 14.7. The second-order valence-electron chi connectivity index (χ2n) is 9.90. The van der Waals surface area contributed by atoms with E-state index in [9.17, 15) is 23.8 Å². The monoisotopic (exact) mass is 637 g/mol. The molecule has 1 aromatic carbocycles. The first-order valence-electron chi connectivity index (χ1n) is 13.0. The number of methoxy groups -OCH3 is 1. The van der Waals surface area contributed by atoms with Crippen LogP contribution in [0, 0.1) is 18.6 Å². The normalized spacial score (nSPS) is 22.9. The molecule has 4 heterocycles. The van der Waals surface area contributed by atoms with Gasteiger partial charge in [0.1, 0.15) is 36.3 Å². The Balaban J connectivity index is 1.62. The summed E-state index contributed by atoms with van der Waals surface area (Å²) in [5, 5.41) is 33.6. The van der Waals surface area contributed by atoms with Crippen LogP contribution in [0.1, 0.15) is 41.2 Å². The number of hydrogen-bond acceptors (Lipinski definition) is 9. The van der Waals surface area contributed by atoms with Gasteiger partial charge in [0.2, 0.25) is 0 Å². The number of aliphatic hydroxyl groups is 2. The number of aryl methyl sites for hydroxylation is 1. The third-order valence-electron chi connectivity index (χ3n) is 7.12. The second-order valence-corrected chi connectivity index (χ2v) is 10.7. The van der Waals surface area contributed by atoms with E-state index in [1.807, 2.05) is 0 Å². The van der Waals surface area contributed by atoms with E-state index in [1.165, 1.54) is 67.2 Å². The number of carbonyl (C=O) groups excluding carboxylic acids is 1. The number of aromatic nitrogens is 6. The zero-order chi connectivity index (χ0) is 31.2. The van der Waals surface area contributed by atoms with Gasteiger partial charge >= 0.3 is 0 Å². The number of hydrogen-bond donors (Lipinski definition) is 3. The zero-order valence-corrected chi connectivity index (χ0v) is 24.8. The predicted molar refractivity (Wildman–Crippen MR) is 150 cm³/mol. The molecule has 0 spiro atoms. The minimum atomic E-state index is -1.45. The lowest BCUT2D eigenvalue weighted by molar-refractivity contribution is -0.230. The van der Waals surface area contributed by atoms with Crippen LogP contribution in [-0.4, -0.2) is 84.2 Å². The maximum Gasteiger partial charge on any atom is 0.271 e. The summed E-state index contributed by atoms with van der Waals surface area (Å²) in [6.07, 6.45) is -1.78. The van der Waals surface area contributed by atoms with E-state index < -0.39 is 54.1 Å². The lowest BCUT2D eigenvalue weighted by Gasteiger charge is -2.44. The Morgan fingerprint density at radius 2 is 1.98 bits per heavy atom. The van der Waals surface area contributed by atoms with E-state index in [2.05, 4.69) is 25.5 Å². The predicted octanol–water partition coefficient (Wildman–Crippen LogP) is 3.22. The van der Waals surface area contributed by atoms with Crippen molar-refractivity contribution in [3.8, 4) is 16.8 Å². The van der Waals surface area contributed by atoms with Crippen LogP contribution in [0.2, 0.25) is 10.0 Å². The Kier molecular flexibility index (Phi) is 8.79. The highest BCUT2D eigenvalue weighted by atomic mass is 35.5. The zero-order valence-electron chi connectivity index (χ0n) is 23.2. The van der Waals surface area contributed by atoms with Crippen LogP contribution in [0.25, 0.3) is 16.8 Å². The highest BCUT2D eigenvalue weighted by molar-refractivity contribution is 6.31. The molecule has 1 aliphatic heterocycles. The number of pyridine rings is 1. The lowest BCUT2D eigenvalue weighted by Crippen LogP contribution is -2.56. The number of ether oxygens (including phenoxy) is 2. The lowest BCUT2D eigenvalue weighted by atomic mass is 9.89.